The number of thiazole rings is 1. The first-order valence-electron chi connectivity index (χ1n) is 6.61. The van der Waals surface area contributed by atoms with Crippen LogP contribution in [0.1, 0.15) is 4.88 Å². The molecule has 0 spiro atoms. The monoisotopic (exact) mass is 398 g/mol. The van der Waals surface area contributed by atoms with E-state index in [4.69, 9.17) is 11.1 Å². The molecule has 3 rings (SSSR count). The number of phenols is 1. The molecule has 0 atom stereocenters. The fourth-order valence-electron chi connectivity index (χ4n) is 2.00. The van der Waals surface area contributed by atoms with Gasteiger partial charge >= 0.3 is 0 Å². The van der Waals surface area contributed by atoms with Crippen molar-refractivity contribution in [3.05, 3.63) is 40.6 Å². The summed E-state index contributed by atoms with van der Waals surface area (Å²) in [5.74, 6) is 0.283. The molecule has 5 N–H and O–H groups in total. The first-order valence-corrected chi connectivity index (χ1v) is 9.53. The van der Waals surface area contributed by atoms with Crippen LogP contribution in [0.25, 0.3) is 11.3 Å². The summed E-state index contributed by atoms with van der Waals surface area (Å²) in [4.78, 5) is 5.34. The van der Waals surface area contributed by atoms with Crippen LogP contribution in [-0.4, -0.2) is 22.2 Å². The van der Waals surface area contributed by atoms with E-state index in [2.05, 4.69) is 10.3 Å². The van der Waals surface area contributed by atoms with E-state index in [0.29, 0.717) is 0 Å². The Labute approximate surface area is 157 Å². The van der Waals surface area contributed by atoms with E-state index in [1.807, 2.05) is 23.8 Å². The van der Waals surface area contributed by atoms with Crippen LogP contribution >= 0.6 is 46.8 Å². The van der Waals surface area contributed by atoms with Gasteiger partial charge in [0.05, 0.1) is 14.8 Å². The third-order valence-corrected chi connectivity index (χ3v) is 6.09. The third kappa shape index (κ3) is 4.02. The number of hydrogen-bond donors (Lipinski definition) is 4. The lowest BCUT2D eigenvalue weighted by Crippen LogP contribution is -2.08. The van der Waals surface area contributed by atoms with Crippen molar-refractivity contribution in [2.45, 2.75) is 4.21 Å². The number of rotatable bonds is 5. The van der Waals surface area contributed by atoms with Gasteiger partial charge in [-0.25, -0.2) is 4.98 Å². The molecule has 0 amide bonds. The number of aromatic hydroxyl groups is 1. The number of nitrogens with zero attached hydrogens (tertiary/aromatic N) is 1. The standard InChI is InChI=1S/C15H14N4OS3.ClH/c1-21-14-10(6-12(23-14)13(16)17)11-7-22-15(19-11)18-8-3-2-4-9(20)5-8;/h2-7,20H,1H3,(H3,16,17)(H,18,19);1H. The minimum atomic E-state index is 0. The molecule has 0 saturated heterocycles. The molecule has 0 radical (unpaired) electrons. The molecule has 0 aliphatic heterocycles. The number of thiophene rings is 1. The molecule has 5 nitrogen and oxygen atoms in total. The highest BCUT2D eigenvalue weighted by atomic mass is 35.5. The highest BCUT2D eigenvalue weighted by Gasteiger charge is 2.15. The van der Waals surface area contributed by atoms with E-state index >= 15 is 0 Å². The summed E-state index contributed by atoms with van der Waals surface area (Å²) in [6.07, 6.45) is 2.00. The number of aromatic nitrogens is 1. The molecule has 2 aromatic heterocycles. The van der Waals surface area contributed by atoms with Gasteiger partial charge < -0.3 is 16.2 Å². The van der Waals surface area contributed by atoms with Crippen LogP contribution in [0, 0.1) is 5.41 Å². The van der Waals surface area contributed by atoms with E-state index in [-0.39, 0.29) is 24.0 Å². The summed E-state index contributed by atoms with van der Waals surface area (Å²) in [6, 6.07) is 8.82. The summed E-state index contributed by atoms with van der Waals surface area (Å²) in [5.41, 5.74) is 8.21. The predicted molar refractivity (Wildman–Crippen MR) is 107 cm³/mol. The van der Waals surface area contributed by atoms with E-state index in [1.165, 1.54) is 22.7 Å². The molecule has 1 aromatic carbocycles. The molecule has 0 fully saturated rings. The molecule has 0 saturated carbocycles. The maximum atomic E-state index is 9.51. The first-order chi connectivity index (χ1) is 11.1. The zero-order valence-corrected chi connectivity index (χ0v) is 15.8. The minimum Gasteiger partial charge on any atom is -0.508 e. The number of nitrogens with one attached hydrogen (secondary N) is 2. The Morgan fingerprint density at radius 2 is 2.17 bits per heavy atom. The van der Waals surface area contributed by atoms with Crippen molar-refractivity contribution in [2.75, 3.05) is 11.6 Å². The molecule has 24 heavy (non-hydrogen) atoms. The van der Waals surface area contributed by atoms with Crippen LogP contribution in [-0.2, 0) is 0 Å². The summed E-state index contributed by atoms with van der Waals surface area (Å²) in [5, 5.41) is 23.0. The highest BCUT2D eigenvalue weighted by Crippen LogP contribution is 2.39. The quantitative estimate of drug-likeness (QED) is 0.282. The number of thioether (sulfide) groups is 1. The second-order valence-electron chi connectivity index (χ2n) is 4.64. The lowest BCUT2D eigenvalue weighted by Gasteiger charge is -2.02. The van der Waals surface area contributed by atoms with Crippen LogP contribution in [0.4, 0.5) is 10.8 Å². The van der Waals surface area contributed by atoms with Crippen LogP contribution in [0.15, 0.2) is 39.9 Å². The average Bonchev–Trinajstić information content (AvgIpc) is 3.13. The Morgan fingerprint density at radius 3 is 2.83 bits per heavy atom. The van der Waals surface area contributed by atoms with Gasteiger partial charge in [-0.2, -0.15) is 0 Å². The number of halogens is 1. The predicted octanol–water partition coefficient (Wildman–Crippen LogP) is 4.75. The van der Waals surface area contributed by atoms with E-state index in [9.17, 15) is 5.11 Å². The Kier molecular flexibility index (Phi) is 6.11. The fourth-order valence-corrected chi connectivity index (χ4v) is 4.48. The number of nitrogens with two attached hydrogens (primary N) is 1. The molecular formula is C15H15ClN4OS3. The van der Waals surface area contributed by atoms with Gasteiger partial charge in [0.2, 0.25) is 0 Å². The largest absolute Gasteiger partial charge is 0.508 e. The zero-order valence-electron chi connectivity index (χ0n) is 12.6. The van der Waals surface area contributed by atoms with Gasteiger partial charge in [-0.1, -0.05) is 6.07 Å². The topological polar surface area (TPSA) is 95.0 Å². The highest BCUT2D eigenvalue weighted by molar-refractivity contribution is 8.00. The number of hydrogen-bond acceptors (Lipinski definition) is 7. The number of nitrogen functional groups attached to an aromatic ring is 1. The van der Waals surface area contributed by atoms with Gasteiger partial charge in [0.1, 0.15) is 11.6 Å². The maximum absolute atomic E-state index is 9.51. The number of phenolic OH excluding ortho intramolecular Hbond substituents is 1. The summed E-state index contributed by atoms with van der Waals surface area (Å²) in [6.45, 7) is 0. The van der Waals surface area contributed by atoms with Gasteiger partial charge in [0.15, 0.2) is 5.13 Å². The van der Waals surface area contributed by atoms with Crippen molar-refractivity contribution in [2.24, 2.45) is 5.73 Å². The molecule has 3 aromatic rings. The zero-order chi connectivity index (χ0) is 16.4. The van der Waals surface area contributed by atoms with E-state index in [1.54, 1.807) is 30.0 Å². The lowest BCUT2D eigenvalue weighted by molar-refractivity contribution is 0.475. The Hall–Kier alpha value is -1.74. The molecular weight excluding hydrogens is 384 g/mol. The second-order valence-corrected chi connectivity index (χ2v) is 7.63. The fraction of sp³-hybridized carbons (Fsp3) is 0.0667. The Balaban J connectivity index is 0.00000208. The number of benzene rings is 1. The Bertz CT molecular complexity index is 862. The Morgan fingerprint density at radius 1 is 1.38 bits per heavy atom. The van der Waals surface area contributed by atoms with Gasteiger partial charge in [0.25, 0.3) is 0 Å². The molecule has 0 bridgehead atoms. The maximum Gasteiger partial charge on any atom is 0.187 e. The van der Waals surface area contributed by atoms with Crippen molar-refractivity contribution >= 4 is 63.5 Å². The van der Waals surface area contributed by atoms with Crippen molar-refractivity contribution in [3.8, 4) is 17.0 Å². The lowest BCUT2D eigenvalue weighted by atomic mass is 10.2. The molecule has 0 aliphatic rings. The first kappa shape index (κ1) is 18.6. The normalized spacial score (nSPS) is 10.2. The van der Waals surface area contributed by atoms with E-state index < -0.39 is 0 Å². The van der Waals surface area contributed by atoms with Gasteiger partial charge in [0, 0.05) is 22.7 Å². The van der Waals surface area contributed by atoms with Crippen molar-refractivity contribution in [1.29, 1.82) is 5.41 Å². The molecule has 2 heterocycles. The smallest absolute Gasteiger partial charge is 0.187 e. The molecule has 9 heteroatoms. The van der Waals surface area contributed by atoms with Crippen LogP contribution in [0.2, 0.25) is 0 Å². The summed E-state index contributed by atoms with van der Waals surface area (Å²) in [7, 11) is 0. The van der Waals surface area contributed by atoms with Crippen molar-refractivity contribution in [3.63, 3.8) is 0 Å². The molecule has 0 aliphatic carbocycles. The number of anilines is 2. The minimum absolute atomic E-state index is 0. The van der Waals surface area contributed by atoms with Crippen LogP contribution in [0.5, 0.6) is 5.75 Å². The van der Waals surface area contributed by atoms with Crippen LogP contribution in [0.3, 0.4) is 0 Å². The van der Waals surface area contributed by atoms with Crippen molar-refractivity contribution in [1.82, 2.24) is 4.98 Å². The average molecular weight is 399 g/mol. The molecule has 126 valence electrons. The van der Waals surface area contributed by atoms with E-state index in [0.717, 1.165) is 31.2 Å². The van der Waals surface area contributed by atoms with Crippen molar-refractivity contribution < 1.29 is 5.11 Å². The van der Waals surface area contributed by atoms with Crippen LogP contribution < -0.4 is 11.1 Å². The molecule has 0 unspecified atom stereocenters. The van der Waals surface area contributed by atoms with Gasteiger partial charge in [-0.15, -0.1) is 46.8 Å². The van der Waals surface area contributed by atoms with Gasteiger partial charge in [-0.05, 0) is 24.5 Å². The third-order valence-electron chi connectivity index (χ3n) is 3.03. The van der Waals surface area contributed by atoms with Gasteiger partial charge in [-0.3, -0.25) is 5.41 Å². The second kappa shape index (κ2) is 7.89. The summed E-state index contributed by atoms with van der Waals surface area (Å²) >= 11 is 4.61. The summed E-state index contributed by atoms with van der Waals surface area (Å²) < 4.78 is 1.09. The SMILES string of the molecule is CSc1sc(C(=N)N)cc1-c1csc(Nc2cccc(O)c2)n1.Cl. The number of amidine groups is 1.